The van der Waals surface area contributed by atoms with E-state index in [-0.39, 0.29) is 30.0 Å². The smallest absolute Gasteiger partial charge is 0.259 e. The first kappa shape index (κ1) is 24.4. The quantitative estimate of drug-likeness (QED) is 0.512. The van der Waals surface area contributed by atoms with Gasteiger partial charge in [-0.25, -0.2) is 18.4 Å². The number of amides is 1. The minimum atomic E-state index is -3.64. The van der Waals surface area contributed by atoms with Crippen molar-refractivity contribution in [3.05, 3.63) is 71.4 Å². The Morgan fingerprint density at radius 1 is 1.23 bits per heavy atom. The number of nitrogens with one attached hydrogen (secondary N) is 1. The van der Waals surface area contributed by atoms with Gasteiger partial charge in [0.15, 0.2) is 0 Å². The van der Waals surface area contributed by atoms with Crippen LogP contribution in [0.5, 0.6) is 5.75 Å². The standard InChI is InChI=1S/C24H28N6O4S/c1-15(2)22-27-10-11-30(22)19-12-16(8-9-26-19)23(31)28-24(3,4)14-34-18-7-5-6-17-13-35(32,33)29-21(25)20(17)18/h5-12,15H,13-14H2,1-4H3,(H2,25,29)(H,28,31). The number of hydrogen-bond acceptors (Lipinski definition) is 7. The highest BCUT2D eigenvalue weighted by molar-refractivity contribution is 7.89. The van der Waals surface area contributed by atoms with E-state index in [1.54, 1.807) is 42.7 Å². The Balaban J connectivity index is 1.48. The third-order valence-corrected chi connectivity index (χ3v) is 6.58. The summed E-state index contributed by atoms with van der Waals surface area (Å²) >= 11 is 0. The molecule has 0 aliphatic carbocycles. The summed E-state index contributed by atoms with van der Waals surface area (Å²) in [5.41, 5.74) is 6.60. The van der Waals surface area contributed by atoms with E-state index in [0.29, 0.717) is 28.3 Å². The van der Waals surface area contributed by atoms with Crippen molar-refractivity contribution in [1.82, 2.24) is 19.9 Å². The molecule has 35 heavy (non-hydrogen) atoms. The molecule has 3 N–H and O–H groups in total. The zero-order valence-corrected chi connectivity index (χ0v) is 20.8. The van der Waals surface area contributed by atoms with E-state index in [1.807, 2.05) is 38.5 Å². The van der Waals surface area contributed by atoms with Crippen LogP contribution >= 0.6 is 0 Å². The van der Waals surface area contributed by atoms with Crippen molar-refractivity contribution in [1.29, 1.82) is 0 Å². The number of sulfonamides is 1. The number of fused-ring (bicyclic) bond motifs is 1. The normalized spacial score (nSPS) is 14.8. The summed E-state index contributed by atoms with van der Waals surface area (Å²) in [6, 6.07) is 8.44. The number of rotatable bonds is 7. The molecule has 0 saturated heterocycles. The minimum Gasteiger partial charge on any atom is -0.490 e. The van der Waals surface area contributed by atoms with Gasteiger partial charge in [0, 0.05) is 30.1 Å². The van der Waals surface area contributed by atoms with Crippen molar-refractivity contribution in [3.63, 3.8) is 0 Å². The minimum absolute atomic E-state index is 0.103. The zero-order chi connectivity index (χ0) is 25.4. The third-order valence-electron chi connectivity index (χ3n) is 5.42. The Hall–Kier alpha value is -3.73. The summed E-state index contributed by atoms with van der Waals surface area (Å²) in [5.74, 6) is 1.44. The fourth-order valence-corrected chi connectivity index (χ4v) is 4.92. The van der Waals surface area contributed by atoms with E-state index in [4.69, 9.17) is 10.5 Å². The van der Waals surface area contributed by atoms with E-state index >= 15 is 0 Å². The van der Waals surface area contributed by atoms with Gasteiger partial charge in [0.25, 0.3) is 15.9 Å². The van der Waals surface area contributed by atoms with Crippen LogP contribution in [0.4, 0.5) is 0 Å². The second kappa shape index (κ2) is 9.14. The Morgan fingerprint density at radius 2 is 2.00 bits per heavy atom. The molecule has 0 atom stereocenters. The summed E-state index contributed by atoms with van der Waals surface area (Å²) in [5, 5.41) is 2.98. The molecule has 1 aliphatic rings. The Bertz CT molecular complexity index is 1410. The molecule has 4 rings (SSSR count). The molecule has 0 fully saturated rings. The second-order valence-corrected chi connectivity index (χ2v) is 11.0. The molecular weight excluding hydrogens is 468 g/mol. The van der Waals surface area contributed by atoms with Crippen molar-refractivity contribution in [2.45, 2.75) is 44.9 Å². The highest BCUT2D eigenvalue weighted by Crippen LogP contribution is 2.28. The van der Waals surface area contributed by atoms with Crippen molar-refractivity contribution in [2.24, 2.45) is 10.1 Å². The van der Waals surface area contributed by atoms with Crippen LogP contribution in [0.3, 0.4) is 0 Å². The predicted octanol–water partition coefficient (Wildman–Crippen LogP) is 2.53. The number of nitrogens with two attached hydrogens (primary N) is 1. The molecule has 1 amide bonds. The Labute approximate surface area is 204 Å². The molecule has 3 aromatic rings. The molecule has 0 saturated carbocycles. The Kier molecular flexibility index (Phi) is 6.37. The van der Waals surface area contributed by atoms with Gasteiger partial charge >= 0.3 is 0 Å². The molecule has 0 unspecified atom stereocenters. The second-order valence-electron chi connectivity index (χ2n) is 9.33. The van der Waals surface area contributed by atoms with Crippen LogP contribution in [0.2, 0.25) is 0 Å². The molecule has 184 valence electrons. The largest absolute Gasteiger partial charge is 0.490 e. The molecule has 0 spiro atoms. The number of ether oxygens (including phenoxy) is 1. The van der Waals surface area contributed by atoms with Crippen molar-refractivity contribution >= 4 is 21.8 Å². The number of carbonyl (C=O) groups excluding carboxylic acids is 1. The number of benzene rings is 1. The van der Waals surface area contributed by atoms with Gasteiger partial charge in [-0.05, 0) is 37.6 Å². The molecule has 0 radical (unpaired) electrons. The van der Waals surface area contributed by atoms with E-state index in [1.165, 1.54) is 0 Å². The molecular formula is C24H28N6O4S. The van der Waals surface area contributed by atoms with E-state index < -0.39 is 15.6 Å². The fourth-order valence-electron chi connectivity index (χ4n) is 3.83. The maximum Gasteiger partial charge on any atom is 0.259 e. The first-order chi connectivity index (χ1) is 16.5. The summed E-state index contributed by atoms with van der Waals surface area (Å²) < 4.78 is 35.2. The van der Waals surface area contributed by atoms with Gasteiger partial charge in [-0.2, -0.15) is 0 Å². The van der Waals surface area contributed by atoms with Crippen molar-refractivity contribution in [2.75, 3.05) is 6.61 Å². The lowest BCUT2D eigenvalue weighted by atomic mass is 10.0. The number of pyridine rings is 1. The summed E-state index contributed by atoms with van der Waals surface area (Å²) in [6.45, 7) is 7.86. The molecule has 0 bridgehead atoms. The third kappa shape index (κ3) is 5.35. The lowest BCUT2D eigenvalue weighted by molar-refractivity contribution is 0.0880. The topological polar surface area (TPSA) is 142 Å². The first-order valence-electron chi connectivity index (χ1n) is 11.1. The van der Waals surface area contributed by atoms with Gasteiger partial charge in [-0.3, -0.25) is 9.36 Å². The summed E-state index contributed by atoms with van der Waals surface area (Å²) in [6.07, 6.45) is 5.11. The first-order valence-corrected chi connectivity index (χ1v) is 12.7. The van der Waals surface area contributed by atoms with Crippen LogP contribution in [-0.4, -0.2) is 46.8 Å². The maximum atomic E-state index is 13.0. The molecule has 1 aliphatic heterocycles. The van der Waals surface area contributed by atoms with Crippen LogP contribution in [-0.2, 0) is 15.8 Å². The van der Waals surface area contributed by atoms with Gasteiger partial charge in [0.05, 0.1) is 16.9 Å². The molecule has 3 heterocycles. The van der Waals surface area contributed by atoms with Gasteiger partial charge < -0.3 is 15.8 Å². The molecule has 2 aromatic heterocycles. The zero-order valence-electron chi connectivity index (χ0n) is 20.0. The van der Waals surface area contributed by atoms with Crippen molar-refractivity contribution < 1.29 is 17.9 Å². The lowest BCUT2D eigenvalue weighted by Gasteiger charge is -2.27. The highest BCUT2D eigenvalue weighted by atomic mass is 32.2. The van der Waals surface area contributed by atoms with Crippen LogP contribution in [0.1, 0.15) is 60.9 Å². The van der Waals surface area contributed by atoms with E-state index in [2.05, 4.69) is 19.7 Å². The summed E-state index contributed by atoms with van der Waals surface area (Å²) in [7, 11) is -3.64. The van der Waals surface area contributed by atoms with Crippen LogP contribution in [0.25, 0.3) is 5.82 Å². The van der Waals surface area contributed by atoms with Crippen LogP contribution in [0.15, 0.2) is 53.3 Å². The van der Waals surface area contributed by atoms with Crippen LogP contribution in [0, 0.1) is 0 Å². The van der Waals surface area contributed by atoms with Crippen molar-refractivity contribution in [3.8, 4) is 11.6 Å². The Morgan fingerprint density at radius 3 is 2.74 bits per heavy atom. The average Bonchev–Trinajstić information content (AvgIpc) is 3.27. The summed E-state index contributed by atoms with van der Waals surface area (Å²) in [4.78, 5) is 21.8. The maximum absolute atomic E-state index is 13.0. The van der Waals surface area contributed by atoms with Gasteiger partial charge in [0.1, 0.15) is 29.8 Å². The SMILES string of the molecule is CC(C)c1nccn1-c1cc(C(=O)NC(C)(C)COc2cccc3c2C(N)=NS(=O)(=O)C3)ccn1. The monoisotopic (exact) mass is 496 g/mol. The predicted molar refractivity (Wildman–Crippen MR) is 132 cm³/mol. The number of amidine groups is 1. The number of imidazole rings is 1. The van der Waals surface area contributed by atoms with Crippen LogP contribution < -0.4 is 15.8 Å². The molecule has 11 heteroatoms. The fraction of sp³-hybridized carbons (Fsp3) is 0.333. The number of aromatic nitrogens is 3. The van der Waals surface area contributed by atoms with E-state index in [9.17, 15) is 13.2 Å². The highest BCUT2D eigenvalue weighted by Gasteiger charge is 2.27. The van der Waals surface area contributed by atoms with E-state index in [0.717, 1.165) is 5.82 Å². The number of carbonyl (C=O) groups is 1. The van der Waals surface area contributed by atoms with Gasteiger partial charge in [-0.15, -0.1) is 4.40 Å². The average molecular weight is 497 g/mol. The molecule has 1 aromatic carbocycles. The number of nitrogens with zero attached hydrogens (tertiary/aromatic N) is 4. The number of hydrogen-bond donors (Lipinski definition) is 2. The molecule has 10 nitrogen and oxygen atoms in total. The van der Waals surface area contributed by atoms with Gasteiger partial charge in [-0.1, -0.05) is 26.0 Å². The lowest BCUT2D eigenvalue weighted by Crippen LogP contribution is -2.48. The van der Waals surface area contributed by atoms with Gasteiger partial charge in [0.2, 0.25) is 0 Å².